The molecule has 2 aliphatic carbocycles. The molecule has 0 radical (unpaired) electrons. The first kappa shape index (κ1) is 23.6. The van der Waals surface area contributed by atoms with Gasteiger partial charge in [0.15, 0.2) is 5.78 Å². The maximum absolute atomic E-state index is 14.0. The van der Waals surface area contributed by atoms with Gasteiger partial charge >= 0.3 is 0 Å². The molecular weight excluding hydrogens is 400 g/mol. The molecule has 1 saturated heterocycles. The van der Waals surface area contributed by atoms with E-state index in [0.717, 1.165) is 45.6 Å². The molecule has 3 aliphatic rings. The Morgan fingerprint density at radius 1 is 1.03 bits per heavy atom. The summed E-state index contributed by atoms with van der Waals surface area (Å²) in [5, 5.41) is 20.1. The van der Waals surface area contributed by atoms with Crippen LogP contribution in [0.4, 0.5) is 0 Å². The van der Waals surface area contributed by atoms with Gasteiger partial charge in [0.2, 0.25) is 0 Å². The van der Waals surface area contributed by atoms with Gasteiger partial charge in [0, 0.05) is 50.3 Å². The van der Waals surface area contributed by atoms with Crippen LogP contribution in [0.3, 0.4) is 0 Å². The smallest absolute Gasteiger partial charge is 0.167 e. The third kappa shape index (κ3) is 4.31. The van der Waals surface area contributed by atoms with Crippen LogP contribution >= 0.6 is 0 Å². The number of nitrogens with zero attached hydrogens (tertiary/aromatic N) is 2. The molecule has 1 aliphatic heterocycles. The molecule has 2 N–H and O–H groups in total. The second-order valence-electron chi connectivity index (χ2n) is 11.9. The van der Waals surface area contributed by atoms with Crippen molar-refractivity contribution in [2.24, 2.45) is 34.5 Å². The first-order valence-corrected chi connectivity index (χ1v) is 12.5. The Balaban J connectivity index is 1.68. The molecule has 3 fully saturated rings. The van der Waals surface area contributed by atoms with Crippen LogP contribution in [-0.2, 0) is 0 Å². The van der Waals surface area contributed by atoms with Crippen LogP contribution in [0.1, 0.15) is 63.7 Å². The number of phenols is 2. The molecule has 4 rings (SSSR count). The van der Waals surface area contributed by atoms with Gasteiger partial charge in [-0.2, -0.15) is 0 Å². The molecule has 178 valence electrons. The number of carbonyl (C=O) groups excluding carboxylic acids is 1. The highest BCUT2D eigenvalue weighted by Gasteiger charge is 2.58. The number of carbonyl (C=O) groups is 1. The maximum Gasteiger partial charge on any atom is 0.167 e. The lowest BCUT2D eigenvalue weighted by molar-refractivity contribution is -0.107. The zero-order valence-electron chi connectivity index (χ0n) is 20.6. The number of fused-ring (bicyclic) bond motifs is 1. The molecular formula is C27H42N2O3. The van der Waals surface area contributed by atoms with Crippen molar-refractivity contribution < 1.29 is 15.0 Å². The van der Waals surface area contributed by atoms with Gasteiger partial charge in [0.1, 0.15) is 11.5 Å². The van der Waals surface area contributed by atoms with Crippen LogP contribution in [0.15, 0.2) is 18.2 Å². The van der Waals surface area contributed by atoms with E-state index in [1.807, 2.05) is 0 Å². The van der Waals surface area contributed by atoms with E-state index in [4.69, 9.17) is 0 Å². The average molecular weight is 443 g/mol. The minimum Gasteiger partial charge on any atom is -0.508 e. The van der Waals surface area contributed by atoms with Crippen LogP contribution in [-0.4, -0.2) is 65.6 Å². The fourth-order valence-corrected chi connectivity index (χ4v) is 7.57. The molecule has 1 heterocycles. The topological polar surface area (TPSA) is 64.0 Å². The number of piperazine rings is 1. The first-order valence-electron chi connectivity index (χ1n) is 12.5. The molecule has 5 nitrogen and oxygen atoms in total. The quantitative estimate of drug-likeness (QED) is 0.666. The summed E-state index contributed by atoms with van der Waals surface area (Å²) in [5.41, 5.74) is 0.605. The summed E-state index contributed by atoms with van der Waals surface area (Å²) >= 11 is 0. The maximum atomic E-state index is 14.0. The number of likely N-dealkylation sites (N-methyl/N-ethyl adjacent to an activating group) is 1. The van der Waals surface area contributed by atoms with Crippen molar-refractivity contribution in [2.75, 3.05) is 39.8 Å². The fourth-order valence-electron chi connectivity index (χ4n) is 7.57. The van der Waals surface area contributed by atoms with Gasteiger partial charge in [-0.15, -0.1) is 0 Å². The zero-order valence-corrected chi connectivity index (χ0v) is 20.6. The first-order chi connectivity index (χ1) is 15.0. The number of phenolic OH excluding ortho intramolecular Hbond substituents is 2. The summed E-state index contributed by atoms with van der Waals surface area (Å²) < 4.78 is 0. The van der Waals surface area contributed by atoms with E-state index in [-0.39, 0.29) is 39.9 Å². The van der Waals surface area contributed by atoms with Crippen LogP contribution < -0.4 is 0 Å². The molecule has 0 amide bonds. The van der Waals surface area contributed by atoms with Crippen molar-refractivity contribution in [1.82, 2.24) is 9.80 Å². The van der Waals surface area contributed by atoms with Crippen LogP contribution in [0.5, 0.6) is 11.5 Å². The van der Waals surface area contributed by atoms with E-state index >= 15 is 0 Å². The van der Waals surface area contributed by atoms with Gasteiger partial charge in [-0.05, 0) is 67.0 Å². The van der Waals surface area contributed by atoms with E-state index in [1.54, 1.807) is 0 Å². The summed E-state index contributed by atoms with van der Waals surface area (Å²) in [4.78, 5) is 19.0. The second kappa shape index (κ2) is 8.64. The lowest BCUT2D eigenvalue weighted by Crippen LogP contribution is -2.58. The lowest BCUT2D eigenvalue weighted by atomic mass is 9.44. The number of benzene rings is 1. The monoisotopic (exact) mass is 442 g/mol. The number of hydrogen-bond acceptors (Lipinski definition) is 5. The molecule has 32 heavy (non-hydrogen) atoms. The Labute approximate surface area is 193 Å². The molecule has 1 unspecified atom stereocenters. The Hall–Kier alpha value is -1.59. The highest BCUT2D eigenvalue weighted by Crippen LogP contribution is 2.63. The minimum atomic E-state index is -0.0977. The predicted molar refractivity (Wildman–Crippen MR) is 128 cm³/mol. The lowest BCUT2D eigenvalue weighted by Gasteiger charge is -2.61. The molecule has 2 saturated carbocycles. The van der Waals surface area contributed by atoms with E-state index in [0.29, 0.717) is 17.4 Å². The standard InChI is InChI=1S/C27H42N2O3/c1-18-20(17-29-11-9-28(5)10-12-29)15-23-26(2,3)7-6-8-27(23,4)24(18)25(32)19-13-21(30)16-22(31)14-19/h13-14,16,18,20,23-24,30-31H,6-12,15,17H2,1-5H3/t18-,20-,23?,24-,27+/m1/s1. The van der Waals surface area contributed by atoms with Crippen molar-refractivity contribution in [2.45, 2.75) is 53.4 Å². The zero-order chi connectivity index (χ0) is 23.3. The fraction of sp³-hybridized carbons (Fsp3) is 0.741. The van der Waals surface area contributed by atoms with Gasteiger partial charge in [0.05, 0.1) is 0 Å². The Morgan fingerprint density at radius 2 is 1.66 bits per heavy atom. The van der Waals surface area contributed by atoms with Gasteiger partial charge in [-0.3, -0.25) is 4.79 Å². The second-order valence-corrected chi connectivity index (χ2v) is 11.9. The highest BCUT2D eigenvalue weighted by atomic mass is 16.3. The van der Waals surface area contributed by atoms with Gasteiger partial charge in [0.25, 0.3) is 0 Å². The third-order valence-corrected chi connectivity index (χ3v) is 9.35. The summed E-state index contributed by atoms with van der Waals surface area (Å²) in [6.07, 6.45) is 4.64. The minimum absolute atomic E-state index is 0.0449. The molecule has 0 aromatic heterocycles. The van der Waals surface area contributed by atoms with E-state index in [1.165, 1.54) is 31.0 Å². The van der Waals surface area contributed by atoms with E-state index in [9.17, 15) is 15.0 Å². The SMILES string of the molecule is C[C@@H]1[C@@H](CN2CCN(C)CC2)CC2C(C)(C)CCC[C@]2(C)[C@H]1C(=O)c1cc(O)cc(O)c1. The summed E-state index contributed by atoms with van der Waals surface area (Å²) in [5.74, 6) is 1.15. The Morgan fingerprint density at radius 3 is 2.28 bits per heavy atom. The normalized spacial score (nSPS) is 35.9. The van der Waals surface area contributed by atoms with Crippen LogP contribution in [0.25, 0.3) is 0 Å². The number of aromatic hydroxyl groups is 2. The van der Waals surface area contributed by atoms with Crippen molar-refractivity contribution in [3.05, 3.63) is 23.8 Å². The summed E-state index contributed by atoms with van der Waals surface area (Å²) in [6, 6.07) is 4.36. The number of hydrogen-bond donors (Lipinski definition) is 2. The predicted octanol–water partition coefficient (Wildman–Crippen LogP) is 4.63. The number of ketones is 1. The van der Waals surface area contributed by atoms with E-state index < -0.39 is 0 Å². The molecule has 0 bridgehead atoms. The molecule has 1 aromatic rings. The van der Waals surface area contributed by atoms with Crippen LogP contribution in [0.2, 0.25) is 0 Å². The van der Waals surface area contributed by atoms with Gasteiger partial charge in [-0.1, -0.05) is 34.1 Å². The average Bonchev–Trinajstić information content (AvgIpc) is 2.70. The van der Waals surface area contributed by atoms with Crippen molar-refractivity contribution in [3.8, 4) is 11.5 Å². The van der Waals surface area contributed by atoms with Gasteiger partial charge < -0.3 is 20.0 Å². The largest absolute Gasteiger partial charge is 0.508 e. The summed E-state index contributed by atoms with van der Waals surface area (Å²) in [6.45, 7) is 14.9. The highest BCUT2D eigenvalue weighted by molar-refractivity contribution is 5.99. The van der Waals surface area contributed by atoms with Crippen molar-refractivity contribution >= 4 is 5.78 Å². The number of Topliss-reactive ketones (excluding diaryl/α,β-unsaturated/α-hetero) is 1. The number of rotatable bonds is 4. The molecule has 1 aromatic carbocycles. The molecule has 5 atom stereocenters. The third-order valence-electron chi connectivity index (χ3n) is 9.35. The summed E-state index contributed by atoms with van der Waals surface area (Å²) in [7, 11) is 2.19. The molecule has 5 heteroatoms. The Kier molecular flexibility index (Phi) is 6.36. The van der Waals surface area contributed by atoms with E-state index in [2.05, 4.69) is 44.5 Å². The Bertz CT molecular complexity index is 825. The van der Waals surface area contributed by atoms with Crippen LogP contribution in [0, 0.1) is 34.5 Å². The molecule has 0 spiro atoms. The van der Waals surface area contributed by atoms with Gasteiger partial charge in [-0.25, -0.2) is 0 Å². The van der Waals surface area contributed by atoms with Crippen molar-refractivity contribution in [3.63, 3.8) is 0 Å². The van der Waals surface area contributed by atoms with Crippen molar-refractivity contribution in [1.29, 1.82) is 0 Å².